The van der Waals surface area contributed by atoms with Crippen molar-refractivity contribution in [1.82, 2.24) is 4.90 Å². The molecule has 0 amide bonds. The van der Waals surface area contributed by atoms with Crippen LogP contribution in [0.25, 0.3) is 0 Å². The van der Waals surface area contributed by atoms with Gasteiger partial charge in [0.05, 0.1) is 5.75 Å². The summed E-state index contributed by atoms with van der Waals surface area (Å²) in [7, 11) is -2.78. The molecule has 0 aromatic rings. The molecule has 0 aromatic carbocycles. The van der Waals surface area contributed by atoms with E-state index in [-0.39, 0.29) is 0 Å². The van der Waals surface area contributed by atoms with E-state index in [9.17, 15) is 8.42 Å². The van der Waals surface area contributed by atoms with E-state index in [2.05, 4.69) is 11.8 Å². The molecule has 0 N–H and O–H groups in total. The van der Waals surface area contributed by atoms with E-state index in [1.54, 1.807) is 0 Å². The number of sulfone groups is 1. The molecule has 1 heterocycles. The zero-order valence-corrected chi connectivity index (χ0v) is 9.31. The Bertz CT molecular complexity index is 248. The fourth-order valence-corrected chi connectivity index (χ4v) is 2.37. The van der Waals surface area contributed by atoms with Crippen LogP contribution in [-0.2, 0) is 9.84 Å². The second-order valence-electron chi connectivity index (χ2n) is 4.18. The molecule has 13 heavy (non-hydrogen) atoms. The highest BCUT2D eigenvalue weighted by Gasteiger charge is 2.16. The summed E-state index contributed by atoms with van der Waals surface area (Å²) in [5.74, 6) is 1.04. The molecule has 0 aromatic heterocycles. The van der Waals surface area contributed by atoms with Crippen LogP contribution in [-0.4, -0.2) is 45.0 Å². The number of hydrogen-bond acceptors (Lipinski definition) is 3. The van der Waals surface area contributed by atoms with Crippen molar-refractivity contribution in [2.75, 3.05) is 31.6 Å². The van der Waals surface area contributed by atoms with E-state index in [0.29, 0.717) is 12.3 Å². The Morgan fingerprint density at radius 3 is 2.69 bits per heavy atom. The van der Waals surface area contributed by atoms with Crippen molar-refractivity contribution in [3.05, 3.63) is 0 Å². The van der Waals surface area contributed by atoms with E-state index < -0.39 is 9.84 Å². The molecule has 1 atom stereocenters. The fraction of sp³-hybridized carbons (Fsp3) is 1.00. The van der Waals surface area contributed by atoms with Crippen LogP contribution in [0, 0.1) is 5.92 Å². The van der Waals surface area contributed by atoms with Gasteiger partial charge in [0.1, 0.15) is 9.84 Å². The van der Waals surface area contributed by atoms with Gasteiger partial charge in [-0.25, -0.2) is 8.42 Å². The van der Waals surface area contributed by atoms with Gasteiger partial charge in [-0.3, -0.25) is 0 Å². The molecule has 0 spiro atoms. The number of likely N-dealkylation sites (tertiary alicyclic amines) is 1. The first-order chi connectivity index (χ1) is 5.97. The molecule has 0 saturated carbocycles. The van der Waals surface area contributed by atoms with Crippen molar-refractivity contribution >= 4 is 9.84 Å². The number of hydrogen-bond donors (Lipinski definition) is 0. The number of nitrogens with zero attached hydrogens (tertiary/aromatic N) is 1. The molecular weight excluding hydrogens is 186 g/mol. The van der Waals surface area contributed by atoms with Crippen molar-refractivity contribution in [3.8, 4) is 0 Å². The van der Waals surface area contributed by atoms with Crippen LogP contribution in [0.2, 0.25) is 0 Å². The van der Waals surface area contributed by atoms with Gasteiger partial charge in [-0.2, -0.15) is 0 Å². The third-order valence-corrected chi connectivity index (χ3v) is 3.44. The third kappa shape index (κ3) is 4.62. The maximum Gasteiger partial charge on any atom is 0.148 e. The smallest absolute Gasteiger partial charge is 0.148 e. The SMILES string of the molecule is CC1CCCN(CCS(C)(=O)=O)C1. The summed E-state index contributed by atoms with van der Waals surface area (Å²) >= 11 is 0. The van der Waals surface area contributed by atoms with E-state index in [0.717, 1.165) is 19.0 Å². The number of piperidine rings is 1. The minimum absolute atomic E-state index is 0.305. The summed E-state index contributed by atoms with van der Waals surface area (Å²) < 4.78 is 21.9. The Morgan fingerprint density at radius 2 is 2.15 bits per heavy atom. The second kappa shape index (κ2) is 4.42. The molecule has 0 radical (unpaired) electrons. The van der Waals surface area contributed by atoms with E-state index in [4.69, 9.17) is 0 Å². The van der Waals surface area contributed by atoms with Crippen LogP contribution in [0.4, 0.5) is 0 Å². The van der Waals surface area contributed by atoms with Gasteiger partial charge in [-0.05, 0) is 25.3 Å². The summed E-state index contributed by atoms with van der Waals surface area (Å²) in [4.78, 5) is 2.26. The van der Waals surface area contributed by atoms with Crippen molar-refractivity contribution in [1.29, 1.82) is 0 Å². The summed E-state index contributed by atoms with van der Waals surface area (Å²) in [6, 6.07) is 0. The van der Waals surface area contributed by atoms with Crippen LogP contribution in [0.5, 0.6) is 0 Å². The first-order valence-corrected chi connectivity index (χ1v) is 6.93. The lowest BCUT2D eigenvalue weighted by Gasteiger charge is -2.30. The van der Waals surface area contributed by atoms with Crippen LogP contribution < -0.4 is 0 Å². The molecule has 4 heteroatoms. The van der Waals surface area contributed by atoms with Crippen molar-refractivity contribution in [2.24, 2.45) is 5.92 Å². The van der Waals surface area contributed by atoms with Gasteiger partial charge in [-0.1, -0.05) is 6.92 Å². The first kappa shape index (κ1) is 11.0. The molecule has 1 unspecified atom stereocenters. The molecule has 1 rings (SSSR count). The quantitative estimate of drug-likeness (QED) is 0.683. The van der Waals surface area contributed by atoms with Crippen molar-refractivity contribution in [3.63, 3.8) is 0 Å². The first-order valence-electron chi connectivity index (χ1n) is 4.87. The Morgan fingerprint density at radius 1 is 1.46 bits per heavy atom. The standard InChI is InChI=1S/C9H19NO2S/c1-9-4-3-5-10(8-9)6-7-13(2,11)12/h9H,3-8H2,1-2H3. The molecule has 1 aliphatic heterocycles. The van der Waals surface area contributed by atoms with Gasteiger partial charge < -0.3 is 4.90 Å². The highest BCUT2D eigenvalue weighted by Crippen LogP contribution is 2.14. The van der Waals surface area contributed by atoms with Crippen molar-refractivity contribution < 1.29 is 8.42 Å². The third-order valence-electron chi connectivity index (χ3n) is 2.52. The predicted molar refractivity (Wildman–Crippen MR) is 54.5 cm³/mol. The average Bonchev–Trinajstić information content (AvgIpc) is 2.00. The number of rotatable bonds is 3. The molecule has 0 aliphatic carbocycles. The highest BCUT2D eigenvalue weighted by atomic mass is 32.2. The van der Waals surface area contributed by atoms with Crippen LogP contribution >= 0.6 is 0 Å². The van der Waals surface area contributed by atoms with Gasteiger partial charge in [0.2, 0.25) is 0 Å². The Balaban J connectivity index is 2.29. The van der Waals surface area contributed by atoms with E-state index in [1.165, 1.54) is 19.1 Å². The van der Waals surface area contributed by atoms with Crippen LogP contribution in [0.15, 0.2) is 0 Å². The summed E-state index contributed by atoms with van der Waals surface area (Å²) in [6.07, 6.45) is 3.81. The minimum Gasteiger partial charge on any atom is -0.302 e. The monoisotopic (exact) mass is 205 g/mol. The summed E-state index contributed by atoms with van der Waals surface area (Å²) in [6.45, 7) is 5.07. The largest absolute Gasteiger partial charge is 0.302 e. The molecular formula is C9H19NO2S. The molecule has 1 aliphatic rings. The molecule has 78 valence electrons. The Labute approximate surface area is 81.0 Å². The normalized spacial score (nSPS) is 26.2. The van der Waals surface area contributed by atoms with Gasteiger partial charge >= 0.3 is 0 Å². The van der Waals surface area contributed by atoms with E-state index in [1.807, 2.05) is 0 Å². The van der Waals surface area contributed by atoms with Crippen LogP contribution in [0.1, 0.15) is 19.8 Å². The molecule has 1 saturated heterocycles. The lowest BCUT2D eigenvalue weighted by atomic mass is 10.0. The molecule has 0 bridgehead atoms. The van der Waals surface area contributed by atoms with E-state index >= 15 is 0 Å². The van der Waals surface area contributed by atoms with Gasteiger partial charge in [-0.15, -0.1) is 0 Å². The van der Waals surface area contributed by atoms with Gasteiger partial charge in [0.15, 0.2) is 0 Å². The average molecular weight is 205 g/mol. The minimum atomic E-state index is -2.78. The zero-order chi connectivity index (χ0) is 9.90. The maximum atomic E-state index is 10.9. The zero-order valence-electron chi connectivity index (χ0n) is 8.49. The Hall–Kier alpha value is -0.0900. The lowest BCUT2D eigenvalue weighted by molar-refractivity contribution is 0.193. The topological polar surface area (TPSA) is 37.4 Å². The van der Waals surface area contributed by atoms with Gasteiger partial charge in [0, 0.05) is 19.3 Å². The summed E-state index contributed by atoms with van der Waals surface area (Å²) in [5, 5.41) is 0. The highest BCUT2D eigenvalue weighted by molar-refractivity contribution is 7.90. The van der Waals surface area contributed by atoms with Crippen LogP contribution in [0.3, 0.4) is 0 Å². The Kier molecular flexibility index (Phi) is 3.74. The predicted octanol–water partition coefficient (Wildman–Crippen LogP) is 0.763. The maximum absolute atomic E-state index is 10.9. The van der Waals surface area contributed by atoms with Gasteiger partial charge in [0.25, 0.3) is 0 Å². The fourth-order valence-electron chi connectivity index (χ4n) is 1.78. The summed E-state index contributed by atoms with van der Waals surface area (Å²) in [5.41, 5.74) is 0. The molecule has 3 nitrogen and oxygen atoms in total. The van der Waals surface area contributed by atoms with Crippen molar-refractivity contribution in [2.45, 2.75) is 19.8 Å². The molecule has 1 fully saturated rings. The lowest BCUT2D eigenvalue weighted by Crippen LogP contribution is -2.37. The second-order valence-corrected chi connectivity index (χ2v) is 6.44.